The van der Waals surface area contributed by atoms with Crippen molar-refractivity contribution in [1.82, 2.24) is 0 Å². The number of rotatable bonds is 4. The van der Waals surface area contributed by atoms with E-state index in [2.05, 4.69) is 13.5 Å². The molecule has 21 heavy (non-hydrogen) atoms. The molecule has 3 fully saturated rings. The van der Waals surface area contributed by atoms with E-state index in [1.807, 2.05) is 13.8 Å². The van der Waals surface area contributed by atoms with Gasteiger partial charge in [0.1, 0.15) is 6.10 Å². The lowest BCUT2D eigenvalue weighted by molar-refractivity contribution is -0.166. The molecule has 2 bridgehead atoms. The number of esters is 2. The Bertz CT molecular complexity index is 471. The third kappa shape index (κ3) is 2.09. The molecule has 0 amide bonds. The summed E-state index contributed by atoms with van der Waals surface area (Å²) in [6.07, 6.45) is 0.647. The second-order valence-electron chi connectivity index (χ2n) is 6.59. The molecule has 5 heteroatoms. The third-order valence-corrected chi connectivity index (χ3v) is 5.21. The van der Waals surface area contributed by atoms with Crippen molar-refractivity contribution in [1.29, 1.82) is 0 Å². The van der Waals surface area contributed by atoms with Crippen LogP contribution in [0.4, 0.5) is 0 Å². The lowest BCUT2D eigenvalue weighted by atomic mass is 9.78. The Morgan fingerprint density at radius 3 is 2.71 bits per heavy atom. The van der Waals surface area contributed by atoms with Crippen molar-refractivity contribution in [3.8, 4) is 0 Å². The Morgan fingerprint density at radius 2 is 2.10 bits per heavy atom. The largest absolute Gasteiger partial charge is 0.465 e. The zero-order valence-corrected chi connectivity index (χ0v) is 12.7. The molecule has 1 heterocycles. The molecule has 0 aromatic heterocycles. The molecular formula is C16H22O5. The van der Waals surface area contributed by atoms with Crippen LogP contribution in [-0.4, -0.2) is 36.9 Å². The van der Waals surface area contributed by atoms with Gasteiger partial charge in [0.15, 0.2) is 0 Å². The maximum absolute atomic E-state index is 12.0. The molecule has 1 saturated heterocycles. The lowest BCUT2D eigenvalue weighted by Gasteiger charge is -2.36. The van der Waals surface area contributed by atoms with E-state index < -0.39 is 5.97 Å². The first kappa shape index (κ1) is 14.6. The van der Waals surface area contributed by atoms with Crippen LogP contribution in [0.15, 0.2) is 12.7 Å². The standard InChI is InChI=1S/C16H22O5/c1-5-10(17)21-14-11-8(4)12(15(14)20-7(2)3)13-9(11)6-19-16(13)18/h5,7-9,11-15H,1,6H2,2-4H3. The van der Waals surface area contributed by atoms with Gasteiger partial charge in [-0.1, -0.05) is 13.5 Å². The summed E-state index contributed by atoms with van der Waals surface area (Å²) in [5.41, 5.74) is 0. The maximum atomic E-state index is 12.0. The number of hydrogen-bond acceptors (Lipinski definition) is 5. The molecule has 2 saturated carbocycles. The van der Waals surface area contributed by atoms with Gasteiger partial charge in [-0.15, -0.1) is 0 Å². The van der Waals surface area contributed by atoms with E-state index in [0.717, 1.165) is 0 Å². The van der Waals surface area contributed by atoms with Gasteiger partial charge in [0.25, 0.3) is 0 Å². The highest BCUT2D eigenvalue weighted by atomic mass is 16.6. The van der Waals surface area contributed by atoms with E-state index in [1.54, 1.807) is 0 Å². The molecule has 0 N–H and O–H groups in total. The summed E-state index contributed by atoms with van der Waals surface area (Å²) in [7, 11) is 0. The number of fused-ring (bicyclic) bond motifs is 5. The minimum atomic E-state index is -0.432. The fraction of sp³-hybridized carbons (Fsp3) is 0.750. The predicted molar refractivity (Wildman–Crippen MR) is 74.2 cm³/mol. The molecule has 7 unspecified atom stereocenters. The minimum absolute atomic E-state index is 0.0161. The number of carbonyl (C=O) groups is 2. The van der Waals surface area contributed by atoms with E-state index in [0.29, 0.717) is 12.5 Å². The molecule has 2 aliphatic carbocycles. The number of cyclic esters (lactones) is 1. The summed E-state index contributed by atoms with van der Waals surface area (Å²) in [5.74, 6) is -0.0259. The van der Waals surface area contributed by atoms with E-state index in [1.165, 1.54) is 6.08 Å². The fourth-order valence-corrected chi connectivity index (χ4v) is 4.61. The minimum Gasteiger partial charge on any atom is -0.465 e. The van der Waals surface area contributed by atoms with Gasteiger partial charge in [-0.25, -0.2) is 4.79 Å². The van der Waals surface area contributed by atoms with Crippen LogP contribution in [0.25, 0.3) is 0 Å². The van der Waals surface area contributed by atoms with Gasteiger partial charge in [0.05, 0.1) is 24.7 Å². The second-order valence-corrected chi connectivity index (χ2v) is 6.59. The normalized spacial score (nSPS) is 43.8. The highest BCUT2D eigenvalue weighted by Crippen LogP contribution is 2.60. The van der Waals surface area contributed by atoms with Crippen molar-refractivity contribution in [2.45, 2.75) is 39.1 Å². The molecule has 7 atom stereocenters. The summed E-state index contributed by atoms with van der Waals surface area (Å²) >= 11 is 0. The zero-order valence-electron chi connectivity index (χ0n) is 12.7. The highest BCUT2D eigenvalue weighted by Gasteiger charge is 2.68. The zero-order chi connectivity index (χ0) is 15.3. The first-order valence-corrected chi connectivity index (χ1v) is 7.60. The van der Waals surface area contributed by atoms with Gasteiger partial charge < -0.3 is 14.2 Å². The van der Waals surface area contributed by atoms with Crippen molar-refractivity contribution in [3.63, 3.8) is 0 Å². The number of ether oxygens (including phenoxy) is 3. The van der Waals surface area contributed by atoms with E-state index in [9.17, 15) is 9.59 Å². The molecular weight excluding hydrogens is 272 g/mol. The summed E-state index contributed by atoms with van der Waals surface area (Å²) in [4.78, 5) is 23.7. The molecule has 0 spiro atoms. The van der Waals surface area contributed by atoms with Crippen LogP contribution in [-0.2, 0) is 23.8 Å². The Balaban J connectivity index is 1.90. The molecule has 3 rings (SSSR count). The molecule has 0 aromatic rings. The molecule has 0 aromatic carbocycles. The van der Waals surface area contributed by atoms with E-state index in [-0.39, 0.29) is 48.0 Å². The predicted octanol–water partition coefficient (Wildman–Crippen LogP) is 1.56. The van der Waals surface area contributed by atoms with Crippen LogP contribution >= 0.6 is 0 Å². The summed E-state index contributed by atoms with van der Waals surface area (Å²) < 4.78 is 16.8. The Labute approximate surface area is 124 Å². The monoisotopic (exact) mass is 294 g/mol. The van der Waals surface area contributed by atoms with Crippen LogP contribution in [0.3, 0.4) is 0 Å². The van der Waals surface area contributed by atoms with Crippen molar-refractivity contribution in [2.75, 3.05) is 6.61 Å². The first-order chi connectivity index (χ1) is 9.95. The first-order valence-electron chi connectivity index (χ1n) is 7.60. The van der Waals surface area contributed by atoms with Gasteiger partial charge in [-0.05, 0) is 19.8 Å². The smallest absolute Gasteiger partial charge is 0.330 e. The average molecular weight is 294 g/mol. The third-order valence-electron chi connectivity index (χ3n) is 5.21. The molecule has 116 valence electrons. The van der Waals surface area contributed by atoms with Crippen LogP contribution in [0.1, 0.15) is 20.8 Å². The van der Waals surface area contributed by atoms with Crippen molar-refractivity contribution >= 4 is 11.9 Å². The summed E-state index contributed by atoms with van der Waals surface area (Å²) in [6.45, 7) is 9.92. The highest BCUT2D eigenvalue weighted by molar-refractivity contribution is 5.81. The Hall–Kier alpha value is -1.36. The van der Waals surface area contributed by atoms with E-state index >= 15 is 0 Å². The molecule has 1 aliphatic heterocycles. The van der Waals surface area contributed by atoms with Crippen molar-refractivity contribution in [3.05, 3.63) is 12.7 Å². The topological polar surface area (TPSA) is 61.8 Å². The van der Waals surface area contributed by atoms with Crippen LogP contribution in [0.5, 0.6) is 0 Å². The van der Waals surface area contributed by atoms with Gasteiger partial charge in [-0.2, -0.15) is 0 Å². The molecule has 5 nitrogen and oxygen atoms in total. The van der Waals surface area contributed by atoms with E-state index in [4.69, 9.17) is 14.2 Å². The quantitative estimate of drug-likeness (QED) is 0.581. The maximum Gasteiger partial charge on any atom is 0.330 e. The fourth-order valence-electron chi connectivity index (χ4n) is 4.61. The van der Waals surface area contributed by atoms with Gasteiger partial charge in [-0.3, -0.25) is 4.79 Å². The van der Waals surface area contributed by atoms with Gasteiger partial charge >= 0.3 is 11.9 Å². The second kappa shape index (κ2) is 5.13. The average Bonchev–Trinajstić information content (AvgIpc) is 3.00. The molecule has 3 aliphatic rings. The number of carbonyl (C=O) groups excluding carboxylic acids is 2. The summed E-state index contributed by atoms with van der Waals surface area (Å²) in [6, 6.07) is 0. The Morgan fingerprint density at radius 1 is 1.38 bits per heavy atom. The molecule has 0 radical (unpaired) electrons. The number of hydrogen-bond donors (Lipinski definition) is 0. The van der Waals surface area contributed by atoms with Crippen molar-refractivity contribution in [2.24, 2.45) is 29.6 Å². The summed E-state index contributed by atoms with van der Waals surface area (Å²) in [5, 5.41) is 0. The van der Waals surface area contributed by atoms with Crippen LogP contribution in [0.2, 0.25) is 0 Å². The van der Waals surface area contributed by atoms with Gasteiger partial charge in [0.2, 0.25) is 0 Å². The SMILES string of the molecule is C=CC(=O)OC1C(OC(C)C)C2C(C)C1C1COC(=O)C12. The Kier molecular flexibility index (Phi) is 3.56. The lowest BCUT2D eigenvalue weighted by Crippen LogP contribution is -2.46. The van der Waals surface area contributed by atoms with Gasteiger partial charge in [0, 0.05) is 23.8 Å². The van der Waals surface area contributed by atoms with Crippen LogP contribution in [0, 0.1) is 29.6 Å². The van der Waals surface area contributed by atoms with Crippen molar-refractivity contribution < 1.29 is 23.8 Å². The van der Waals surface area contributed by atoms with Crippen LogP contribution < -0.4 is 0 Å².